The highest BCUT2D eigenvalue weighted by atomic mass is 16.6. The fraction of sp³-hybridized carbons (Fsp3) is 0.198. The Morgan fingerprint density at radius 2 is 0.690 bits per heavy atom. The van der Waals surface area contributed by atoms with Gasteiger partial charge in [0.1, 0.15) is 81.6 Å². The van der Waals surface area contributed by atoms with Gasteiger partial charge in [-0.2, -0.15) is 0 Å². The first-order valence-corrected chi connectivity index (χ1v) is 37.4. The number of hydrogen-bond donors (Lipinski definition) is 23. The predicted molar refractivity (Wildman–Crippen MR) is 444 cm³/mol. The Labute approximate surface area is 715 Å². The first-order chi connectivity index (χ1) is 58.9. The maximum atomic E-state index is 12.8. The maximum Gasteiger partial charge on any atom is 0.338 e. The van der Waals surface area contributed by atoms with E-state index in [0.29, 0.717) is 57.5 Å². The molecule has 126 heavy (non-hydrogen) atoms. The summed E-state index contributed by atoms with van der Waals surface area (Å²) in [6.45, 7) is 7.80. The highest BCUT2D eigenvalue weighted by Crippen LogP contribution is 2.50. The number of ketones is 2. The van der Waals surface area contributed by atoms with E-state index in [1.807, 2.05) is 0 Å². The van der Waals surface area contributed by atoms with E-state index in [-0.39, 0.29) is 152 Å². The van der Waals surface area contributed by atoms with Gasteiger partial charge >= 0.3 is 17.9 Å². The topological polar surface area (TPSA) is 615 Å². The number of fused-ring (bicyclic) bond motifs is 3. The second-order valence-electron chi connectivity index (χ2n) is 28.8. The van der Waals surface area contributed by atoms with E-state index < -0.39 is 118 Å². The van der Waals surface area contributed by atoms with Crippen LogP contribution in [-0.4, -0.2) is 172 Å². The molecule has 11 aromatic rings. The van der Waals surface area contributed by atoms with Crippen LogP contribution in [0.4, 0.5) is 0 Å². The number of ether oxygens (including phenoxy) is 7. The molecule has 35 nitrogen and oxygen atoms in total. The maximum absolute atomic E-state index is 12.8. The average molecular weight is 1740 g/mol. The molecule has 0 aliphatic carbocycles. The van der Waals surface area contributed by atoms with Crippen LogP contribution in [0.2, 0.25) is 0 Å². The molecule has 3 aliphatic heterocycles. The van der Waals surface area contributed by atoms with Crippen LogP contribution in [0.3, 0.4) is 0 Å². The lowest BCUT2D eigenvalue weighted by molar-refractivity contribution is -0.117. The molecule has 23 N–H and O–H groups in total. The van der Waals surface area contributed by atoms with Gasteiger partial charge in [-0.3, -0.25) is 4.79 Å². The molecule has 3 heterocycles. The first-order valence-electron chi connectivity index (χ1n) is 37.4. The molecule has 0 aromatic heterocycles. The van der Waals surface area contributed by atoms with Crippen molar-refractivity contribution >= 4 is 35.6 Å². The molecule has 0 spiro atoms. The molecule has 0 fully saturated rings. The number of carbonyl (C=O) groups is 5. The van der Waals surface area contributed by atoms with Gasteiger partial charge in [-0.1, -0.05) is 31.7 Å². The minimum absolute atomic E-state index is 0. The van der Waals surface area contributed by atoms with Crippen molar-refractivity contribution in [2.75, 3.05) is 7.11 Å². The monoisotopic (exact) mass is 1740 g/mol. The third-order valence-electron chi connectivity index (χ3n) is 19.5. The molecule has 662 valence electrons. The molecule has 3 unspecified atom stereocenters. The predicted octanol–water partition coefficient (Wildman–Crippen LogP) is 13.1. The normalized spacial score (nSPS) is 15.5. The number of phenols is 23. The zero-order valence-corrected chi connectivity index (χ0v) is 66.8. The lowest BCUT2D eigenvalue weighted by atomic mass is 9.92. The summed E-state index contributed by atoms with van der Waals surface area (Å²) < 4.78 is 39.5. The molecule has 11 aromatic carbocycles. The molecule has 35 heteroatoms. The number of phenolic OH excluding ortho intramolecular Hbond substituents is 23. The van der Waals surface area contributed by atoms with E-state index in [1.165, 1.54) is 93.8 Å². The van der Waals surface area contributed by atoms with Crippen LogP contribution in [-0.2, 0) is 49.5 Å². The van der Waals surface area contributed by atoms with Gasteiger partial charge < -0.3 is 155 Å². The van der Waals surface area contributed by atoms with Crippen LogP contribution in [0, 0.1) is 20.8 Å². The fourth-order valence-corrected chi connectivity index (χ4v) is 13.1. The van der Waals surface area contributed by atoms with Crippen LogP contribution >= 0.6 is 0 Å². The van der Waals surface area contributed by atoms with Crippen molar-refractivity contribution in [3.63, 3.8) is 0 Å². The van der Waals surface area contributed by atoms with Gasteiger partial charge in [-0.05, 0) is 178 Å². The van der Waals surface area contributed by atoms with Crippen molar-refractivity contribution in [1.82, 2.24) is 0 Å². The average Bonchev–Trinajstić information content (AvgIpc) is 0.772. The van der Waals surface area contributed by atoms with E-state index >= 15 is 0 Å². The van der Waals surface area contributed by atoms with Gasteiger partial charge in [0.2, 0.25) is 0 Å². The molecule has 0 saturated heterocycles. The van der Waals surface area contributed by atoms with Crippen molar-refractivity contribution in [3.8, 4) is 155 Å². The Hall–Kier alpha value is -16.5. The zero-order valence-electron chi connectivity index (χ0n) is 66.8. The third-order valence-corrected chi connectivity index (χ3v) is 19.5. The number of aromatic hydroxyl groups is 23. The quantitative estimate of drug-likeness (QED) is 0.0196. The summed E-state index contributed by atoms with van der Waals surface area (Å²) in [6.07, 6.45) is -1.85. The number of allylic oxidation sites excluding steroid dienone is 1. The number of esters is 3. The molecule has 0 amide bonds. The van der Waals surface area contributed by atoms with Crippen LogP contribution in [0.25, 0.3) is 6.08 Å². The van der Waals surface area contributed by atoms with Crippen LogP contribution in [0.1, 0.15) is 138 Å². The third kappa shape index (κ3) is 22.2. The SMILES string of the molecule is C.CC(=O)CCc1ccc(O)c(O)c1.COc1cc(/C=C/C(C)=O)ccc1O.Cc1cc([C@@H]2Oc3cc(O)cc(O)c3CC2OC(=O)c2cc(O)c(O)c(O)c2)cc(O)c1O.Cc1cc([C@H]2Oc3cc(O)cc(O)c3CC2OC(=O)c2cc(O)c(O)c(O)c2)cc(O)c1O.Cc1cc([C@H]2Oc3cc(O)cc(O)c3CC2OC(=O)c2cc(O)c(O)c(O)c2)ccc1O. The van der Waals surface area contributed by atoms with Crippen LogP contribution in [0.15, 0.2) is 158 Å². The van der Waals surface area contributed by atoms with Crippen molar-refractivity contribution in [3.05, 3.63) is 236 Å². The number of hydrogen-bond acceptors (Lipinski definition) is 35. The van der Waals surface area contributed by atoms with Crippen molar-refractivity contribution < 1.29 is 175 Å². The molecule has 14 rings (SSSR count). The van der Waals surface area contributed by atoms with Crippen molar-refractivity contribution in [1.29, 1.82) is 0 Å². The zero-order chi connectivity index (χ0) is 91.6. The number of rotatable bonds is 15. The highest BCUT2D eigenvalue weighted by Gasteiger charge is 2.41. The Kier molecular flexibility index (Phi) is 29.2. The Morgan fingerprint density at radius 1 is 0.349 bits per heavy atom. The minimum atomic E-state index is -1.07. The molecule has 0 bridgehead atoms. The Bertz CT molecular complexity index is 5700. The summed E-state index contributed by atoms with van der Waals surface area (Å²) in [4.78, 5) is 59.6. The van der Waals surface area contributed by atoms with E-state index in [2.05, 4.69) is 0 Å². The molecule has 6 atom stereocenters. The summed E-state index contributed by atoms with van der Waals surface area (Å²) in [6, 6.07) is 32.5. The molecule has 3 aliphatic rings. The van der Waals surface area contributed by atoms with Gasteiger partial charge in [0.25, 0.3) is 0 Å². The molecular formula is C91H88O35. The summed E-state index contributed by atoms with van der Waals surface area (Å²) in [5.74, 6) is -11.6. The lowest BCUT2D eigenvalue weighted by Gasteiger charge is -2.34. The number of benzene rings is 11. The Balaban J connectivity index is 0.000000186. The van der Waals surface area contributed by atoms with Gasteiger partial charge in [0.05, 0.1) is 23.8 Å². The van der Waals surface area contributed by atoms with Crippen LogP contribution in [0.5, 0.6) is 155 Å². The fourth-order valence-electron chi connectivity index (χ4n) is 13.1. The summed E-state index contributed by atoms with van der Waals surface area (Å²) >= 11 is 0. The van der Waals surface area contributed by atoms with E-state index in [1.54, 1.807) is 57.2 Å². The van der Waals surface area contributed by atoms with Crippen molar-refractivity contribution in [2.45, 2.75) is 111 Å². The van der Waals surface area contributed by atoms with E-state index in [0.717, 1.165) is 65.7 Å². The number of carbonyl (C=O) groups excluding carboxylic acids is 5. The first kappa shape index (κ1) is 93.4. The minimum Gasteiger partial charge on any atom is -0.508 e. The molecule has 0 saturated carbocycles. The summed E-state index contributed by atoms with van der Waals surface area (Å²) in [5, 5.41) is 224. The second-order valence-corrected chi connectivity index (χ2v) is 28.8. The highest BCUT2D eigenvalue weighted by molar-refractivity contribution is 5.93. The number of methoxy groups -OCH3 is 1. The van der Waals surface area contributed by atoms with Gasteiger partial charge in [0, 0.05) is 89.9 Å². The number of Topliss-reactive ketones (excluding diaryl/α,β-unsaturated/α-hetero) is 1. The van der Waals surface area contributed by atoms with E-state index in [9.17, 15) is 131 Å². The standard InChI is InChI=1S/2C23H20O10.C23H20O9.C11H12O3.C10H12O3.CH4/c2*1-9-2-10(3-15(26)20(9)29)22-19(8-13-14(25)6-12(24)7-18(13)32-22)33-23(31)11-4-16(27)21(30)17(28)5-11;1-10-4-11(2-3-15(10)25)22-20(9-14-16(26)7-13(24)8-19(14)31-22)32-23(30)12-5-17(27)21(29)18(28)6-12;1-8(12)3-4-9-5-6-10(13)11(7-9)14-2;1-7(11)2-3-8-4-5-9(12)10(13)6-8;/h2*2-7,19,22,24-30H,8H2,1H3;2-8,20,22,24-29H,9H2,1H3;3-7,13H,1-2H3;4-6,12-13H,2-3H2,1H3;1H4/b;;;4-3+;;/t2*19?,22-;20?,22-;;;/m101.../s1. The largest absolute Gasteiger partial charge is 0.508 e. The van der Waals surface area contributed by atoms with Crippen molar-refractivity contribution in [2.24, 2.45) is 0 Å². The summed E-state index contributed by atoms with van der Waals surface area (Å²) in [7, 11) is 1.48. The smallest absolute Gasteiger partial charge is 0.338 e. The lowest BCUT2D eigenvalue weighted by Crippen LogP contribution is -2.34. The molecular weight excluding hydrogens is 1650 g/mol. The van der Waals surface area contributed by atoms with Gasteiger partial charge in [0.15, 0.2) is 122 Å². The Morgan fingerprint density at radius 3 is 1.02 bits per heavy atom. The van der Waals surface area contributed by atoms with Crippen LogP contribution < -0.4 is 18.9 Å². The second kappa shape index (κ2) is 39.4. The van der Waals surface area contributed by atoms with Gasteiger partial charge in [-0.25, -0.2) is 14.4 Å². The van der Waals surface area contributed by atoms with Gasteiger partial charge in [-0.15, -0.1) is 0 Å². The van der Waals surface area contributed by atoms with E-state index in [4.69, 9.17) is 43.4 Å². The summed E-state index contributed by atoms with van der Waals surface area (Å²) in [5.41, 5.74) is 4.26. The molecule has 0 radical (unpaired) electrons. The number of aryl methyl sites for hydroxylation is 4.